The van der Waals surface area contributed by atoms with E-state index in [1.54, 1.807) is 6.08 Å². The number of unbranched alkanes of at least 4 members (excludes halogenated alkanes) is 3. The molecule has 82 valence electrons. The van der Waals surface area contributed by atoms with Crippen molar-refractivity contribution in [2.24, 2.45) is 5.11 Å². The molecule has 0 aromatic heterocycles. The average molecular weight is 198 g/mol. The molecule has 3 heteroatoms. The third kappa shape index (κ3) is 7.77. The van der Waals surface area contributed by atoms with Gasteiger partial charge in [-0.25, -0.2) is 0 Å². The molecule has 1 atom stereocenters. The maximum atomic E-state index is 11.0. The van der Waals surface area contributed by atoms with Crippen molar-refractivity contribution in [2.75, 3.05) is 0 Å². The molecule has 0 fully saturated rings. The van der Waals surface area contributed by atoms with Gasteiger partial charge in [0, 0.05) is 0 Å². The average Bonchev–Trinajstić information content (AvgIpc) is 2.13. The van der Waals surface area contributed by atoms with Gasteiger partial charge in [0.25, 0.3) is 0 Å². The summed E-state index contributed by atoms with van der Waals surface area (Å²) in [5.74, 6) is 0. The first-order valence-electron chi connectivity index (χ1n) is 5.50. The Kier molecular flexibility index (Phi) is 8.19. The Bertz CT molecular complexity index is 188. The van der Waals surface area contributed by atoms with E-state index < -0.39 is 0 Å². The Balaban J connectivity index is 3.63. The van der Waals surface area contributed by atoms with E-state index in [-0.39, 0.29) is 6.04 Å². The molecule has 0 spiro atoms. The molecule has 0 saturated heterocycles. The van der Waals surface area contributed by atoms with E-state index in [4.69, 9.17) is 0 Å². The van der Waals surface area contributed by atoms with Crippen LogP contribution in [0.2, 0.25) is 0 Å². The molecular formula is C11H22N2O. The van der Waals surface area contributed by atoms with Gasteiger partial charge in [0.15, 0.2) is 0 Å². The number of hydroxylamine groups is 1. The van der Waals surface area contributed by atoms with Crippen LogP contribution in [0.1, 0.15) is 52.9 Å². The Morgan fingerprint density at radius 3 is 2.64 bits per heavy atom. The molecule has 0 saturated carbocycles. The van der Waals surface area contributed by atoms with Crippen molar-refractivity contribution in [3.8, 4) is 0 Å². The van der Waals surface area contributed by atoms with Gasteiger partial charge in [0.05, 0.1) is 0 Å². The summed E-state index contributed by atoms with van der Waals surface area (Å²) in [6.45, 7) is 5.99. The molecule has 0 radical (unpaired) electrons. The molecule has 0 N–H and O–H groups in total. The number of allylic oxidation sites excluding steroid dienone is 1. The van der Waals surface area contributed by atoms with Crippen LogP contribution in [0.3, 0.4) is 0 Å². The van der Waals surface area contributed by atoms with Crippen molar-refractivity contribution in [1.82, 2.24) is 0 Å². The fourth-order valence-electron chi connectivity index (χ4n) is 1.28. The van der Waals surface area contributed by atoms with E-state index >= 15 is 0 Å². The van der Waals surface area contributed by atoms with Gasteiger partial charge in [-0.15, -0.1) is 0 Å². The lowest BCUT2D eigenvalue weighted by atomic mass is 10.1. The van der Waals surface area contributed by atoms with Gasteiger partial charge in [-0.2, -0.15) is 0 Å². The fraction of sp³-hybridized carbons (Fsp3) is 0.818. The van der Waals surface area contributed by atoms with Crippen LogP contribution in [-0.2, 0) is 0 Å². The highest BCUT2D eigenvalue weighted by Crippen LogP contribution is 2.07. The number of hydrogen-bond donors (Lipinski definition) is 0. The maximum Gasteiger partial charge on any atom is 0.205 e. The van der Waals surface area contributed by atoms with Crippen molar-refractivity contribution in [2.45, 2.75) is 58.9 Å². The second-order valence-corrected chi connectivity index (χ2v) is 3.60. The monoisotopic (exact) mass is 198 g/mol. The summed E-state index contributed by atoms with van der Waals surface area (Å²) >= 11 is 0. The van der Waals surface area contributed by atoms with Crippen LogP contribution in [0, 0.1) is 5.21 Å². The molecule has 0 aromatic carbocycles. The van der Waals surface area contributed by atoms with Crippen LogP contribution in [0.5, 0.6) is 0 Å². The third-order valence-corrected chi connectivity index (χ3v) is 2.06. The molecule has 0 aliphatic heterocycles. The molecule has 0 rings (SSSR count). The summed E-state index contributed by atoms with van der Waals surface area (Å²) in [4.78, 5) is 0.657. The predicted octanol–water partition coefficient (Wildman–Crippen LogP) is 3.84. The van der Waals surface area contributed by atoms with E-state index in [1.165, 1.54) is 31.9 Å². The van der Waals surface area contributed by atoms with Crippen LogP contribution in [-0.4, -0.2) is 10.9 Å². The van der Waals surface area contributed by atoms with Crippen LogP contribution in [0.4, 0.5) is 0 Å². The predicted molar refractivity (Wildman–Crippen MR) is 59.1 cm³/mol. The van der Waals surface area contributed by atoms with Gasteiger partial charge < -0.3 is 5.21 Å². The Morgan fingerprint density at radius 2 is 2.07 bits per heavy atom. The lowest BCUT2D eigenvalue weighted by molar-refractivity contribution is -0.462. The SMILES string of the molecule is C/C=C\[N+]([O-])=N[C@H](C)CCCCCC. The summed E-state index contributed by atoms with van der Waals surface area (Å²) in [7, 11) is 0. The molecule has 0 bridgehead atoms. The number of azo groups is 1. The van der Waals surface area contributed by atoms with Gasteiger partial charge >= 0.3 is 0 Å². The Hall–Kier alpha value is -0.860. The lowest BCUT2D eigenvalue weighted by Crippen LogP contribution is -2.02. The molecule has 14 heavy (non-hydrogen) atoms. The molecule has 0 aliphatic rings. The van der Waals surface area contributed by atoms with Gasteiger partial charge in [-0.05, 0) is 31.5 Å². The standard InChI is InChI=1S/C11H22N2O/c1-4-6-7-8-9-11(3)12-13(14)10-5-2/h5,10-11H,4,6-9H2,1-3H3/b10-5-,13-12?/t11-/m1/s1. The van der Waals surface area contributed by atoms with E-state index in [0.29, 0.717) is 4.86 Å². The van der Waals surface area contributed by atoms with E-state index in [1.807, 2.05) is 13.8 Å². The fourth-order valence-corrected chi connectivity index (χ4v) is 1.28. The van der Waals surface area contributed by atoms with Gasteiger partial charge in [0.2, 0.25) is 6.20 Å². The van der Waals surface area contributed by atoms with Crippen molar-refractivity contribution in [3.63, 3.8) is 0 Å². The third-order valence-electron chi connectivity index (χ3n) is 2.06. The number of hydrogen-bond acceptors (Lipinski definition) is 2. The first kappa shape index (κ1) is 13.1. The maximum absolute atomic E-state index is 11.0. The molecule has 0 unspecified atom stereocenters. The van der Waals surface area contributed by atoms with Gasteiger partial charge in [-0.3, -0.25) is 0 Å². The van der Waals surface area contributed by atoms with E-state index in [0.717, 1.165) is 6.42 Å². The normalized spacial score (nSPS) is 14.9. The van der Waals surface area contributed by atoms with Crippen LogP contribution in [0.15, 0.2) is 17.4 Å². The van der Waals surface area contributed by atoms with Gasteiger partial charge in [0.1, 0.15) is 6.04 Å². The molecular weight excluding hydrogens is 176 g/mol. The Labute approximate surface area is 87.1 Å². The van der Waals surface area contributed by atoms with Crippen molar-refractivity contribution in [3.05, 3.63) is 17.5 Å². The molecule has 3 nitrogen and oxygen atoms in total. The Morgan fingerprint density at radius 1 is 1.36 bits per heavy atom. The minimum Gasteiger partial charge on any atom is -0.595 e. The minimum atomic E-state index is 0.139. The van der Waals surface area contributed by atoms with E-state index in [9.17, 15) is 5.21 Å². The minimum absolute atomic E-state index is 0.139. The summed E-state index contributed by atoms with van der Waals surface area (Å²) in [6, 6.07) is 0.139. The molecule has 0 aromatic rings. The summed E-state index contributed by atoms with van der Waals surface area (Å²) in [5.41, 5.74) is 0. The summed E-state index contributed by atoms with van der Waals surface area (Å²) < 4.78 is 0. The summed E-state index contributed by atoms with van der Waals surface area (Å²) in [6.07, 6.45) is 9.08. The van der Waals surface area contributed by atoms with E-state index in [2.05, 4.69) is 12.0 Å². The second-order valence-electron chi connectivity index (χ2n) is 3.60. The first-order valence-corrected chi connectivity index (χ1v) is 5.50. The van der Waals surface area contributed by atoms with Crippen molar-refractivity contribution < 1.29 is 4.86 Å². The topological polar surface area (TPSA) is 38.4 Å². The molecule has 0 heterocycles. The van der Waals surface area contributed by atoms with Crippen LogP contribution < -0.4 is 0 Å². The zero-order valence-electron chi connectivity index (χ0n) is 9.57. The molecule has 0 aliphatic carbocycles. The first-order chi connectivity index (χ1) is 6.70. The zero-order valence-corrected chi connectivity index (χ0v) is 9.57. The number of nitrogens with zero attached hydrogens (tertiary/aromatic N) is 2. The molecule has 0 amide bonds. The highest BCUT2D eigenvalue weighted by Gasteiger charge is 2.02. The second kappa shape index (κ2) is 8.73. The van der Waals surface area contributed by atoms with Crippen LogP contribution in [0.25, 0.3) is 0 Å². The van der Waals surface area contributed by atoms with Gasteiger partial charge in [-0.1, -0.05) is 37.5 Å². The van der Waals surface area contributed by atoms with Crippen molar-refractivity contribution in [1.29, 1.82) is 0 Å². The summed E-state index contributed by atoms with van der Waals surface area (Å²) in [5, 5.41) is 15.0. The largest absolute Gasteiger partial charge is 0.595 e. The number of rotatable bonds is 7. The highest BCUT2D eigenvalue weighted by molar-refractivity contribution is 4.63. The smallest absolute Gasteiger partial charge is 0.205 e. The van der Waals surface area contributed by atoms with Crippen molar-refractivity contribution >= 4 is 0 Å². The quantitative estimate of drug-likeness (QED) is 0.265. The highest BCUT2D eigenvalue weighted by atomic mass is 16.5. The zero-order chi connectivity index (χ0) is 10.8. The lowest BCUT2D eigenvalue weighted by Gasteiger charge is -2.03. The van der Waals surface area contributed by atoms with Crippen LogP contribution >= 0.6 is 0 Å².